The Kier molecular flexibility index (Phi) is 4.85. The van der Waals surface area contributed by atoms with E-state index in [-0.39, 0.29) is 31.1 Å². The van der Waals surface area contributed by atoms with Gasteiger partial charge >= 0.3 is 6.03 Å². The Balaban J connectivity index is 1.57. The summed E-state index contributed by atoms with van der Waals surface area (Å²) in [5, 5.41) is 10.2. The van der Waals surface area contributed by atoms with Crippen molar-refractivity contribution in [2.45, 2.75) is 31.4 Å². The van der Waals surface area contributed by atoms with Crippen LogP contribution in [-0.4, -0.2) is 58.7 Å². The summed E-state index contributed by atoms with van der Waals surface area (Å²) in [7, 11) is 0. The van der Waals surface area contributed by atoms with Gasteiger partial charge in [0.1, 0.15) is 24.5 Å². The van der Waals surface area contributed by atoms with Crippen LogP contribution in [0.2, 0.25) is 0 Å². The minimum atomic E-state index is -0.922. The third-order valence-corrected chi connectivity index (χ3v) is 4.44. The average molecular weight is 330 g/mol. The van der Waals surface area contributed by atoms with Crippen molar-refractivity contribution in [2.75, 3.05) is 19.7 Å². The van der Waals surface area contributed by atoms with Gasteiger partial charge in [0.15, 0.2) is 0 Å². The number of β-amino-alcohol motifs (C(OH)–C–C–N with tert-alkyl or cyclic N) is 1. The lowest BCUT2D eigenvalue weighted by Gasteiger charge is -2.20. The molecule has 2 heterocycles. The zero-order valence-electron chi connectivity index (χ0n) is 13.6. The monoisotopic (exact) mass is 330 g/mol. The van der Waals surface area contributed by atoms with E-state index in [1.54, 1.807) is 11.0 Å². The highest BCUT2D eigenvalue weighted by Crippen LogP contribution is 2.27. The summed E-state index contributed by atoms with van der Waals surface area (Å²) >= 11 is 0. The number of allylic oxidation sites excluding steroid dienone is 1. The average Bonchev–Trinajstić information content (AvgIpc) is 3.14. The minimum absolute atomic E-state index is 0.0237. The molecule has 0 aromatic heterocycles. The van der Waals surface area contributed by atoms with Crippen molar-refractivity contribution in [3.63, 3.8) is 0 Å². The molecule has 2 aliphatic rings. The number of carbonyl (C=O) groups excluding carboxylic acids is 2. The molecule has 6 nitrogen and oxygen atoms in total. The topological polar surface area (TPSA) is 70.1 Å². The number of nitrogens with zero attached hydrogens (tertiary/aromatic N) is 2. The largest absolute Gasteiger partial charge is 0.491 e. The Labute approximate surface area is 141 Å². The van der Waals surface area contributed by atoms with Gasteiger partial charge in [-0.1, -0.05) is 24.3 Å². The second kappa shape index (κ2) is 7.05. The molecule has 2 fully saturated rings. The standard InChI is InChI=1S/C18H22N2O4/c1-2-6-13-7-3-4-9-16(13)24-12-14(21)11-20-17(22)15-8-5-10-19(15)18(20)23/h2-4,7,9,14-15,21H,1,5-6,8,10-12H2/t14-,15-/m1/s1. The Hall–Kier alpha value is -2.34. The first-order valence-corrected chi connectivity index (χ1v) is 8.23. The van der Waals surface area contributed by atoms with Crippen LogP contribution in [0.3, 0.4) is 0 Å². The van der Waals surface area contributed by atoms with Crippen molar-refractivity contribution < 1.29 is 19.4 Å². The zero-order chi connectivity index (χ0) is 17.1. The fourth-order valence-electron chi connectivity index (χ4n) is 3.27. The Morgan fingerprint density at radius 2 is 2.17 bits per heavy atom. The van der Waals surface area contributed by atoms with Crippen molar-refractivity contribution >= 4 is 11.9 Å². The number of para-hydroxylation sites is 1. The number of benzene rings is 1. The molecule has 128 valence electrons. The highest BCUT2D eigenvalue weighted by molar-refractivity contribution is 6.04. The highest BCUT2D eigenvalue weighted by Gasteiger charge is 2.47. The molecule has 1 N–H and O–H groups in total. The van der Waals surface area contributed by atoms with Crippen LogP contribution in [0.5, 0.6) is 5.75 Å². The zero-order valence-corrected chi connectivity index (χ0v) is 13.6. The van der Waals surface area contributed by atoms with Gasteiger partial charge in [0, 0.05) is 6.54 Å². The van der Waals surface area contributed by atoms with Crippen molar-refractivity contribution in [3.8, 4) is 5.75 Å². The Bertz CT molecular complexity index is 624. The van der Waals surface area contributed by atoms with E-state index in [2.05, 4.69) is 6.58 Å². The molecule has 2 saturated heterocycles. The van der Waals surface area contributed by atoms with E-state index in [9.17, 15) is 14.7 Å². The van der Waals surface area contributed by atoms with Gasteiger partial charge in [0.05, 0.1) is 6.54 Å². The van der Waals surface area contributed by atoms with E-state index in [4.69, 9.17) is 4.74 Å². The molecule has 0 unspecified atom stereocenters. The molecule has 2 aliphatic heterocycles. The van der Waals surface area contributed by atoms with Gasteiger partial charge in [-0.15, -0.1) is 6.58 Å². The molecule has 3 rings (SSSR count). The van der Waals surface area contributed by atoms with Crippen LogP contribution in [0.25, 0.3) is 0 Å². The molecule has 2 atom stereocenters. The quantitative estimate of drug-likeness (QED) is 0.609. The van der Waals surface area contributed by atoms with E-state index >= 15 is 0 Å². The smallest absolute Gasteiger partial charge is 0.327 e. The normalized spacial score (nSPS) is 21.1. The number of fused-ring (bicyclic) bond motifs is 1. The van der Waals surface area contributed by atoms with E-state index in [1.807, 2.05) is 24.3 Å². The number of hydrogen-bond acceptors (Lipinski definition) is 4. The summed E-state index contributed by atoms with van der Waals surface area (Å²) in [6.07, 6.45) is 3.11. The van der Waals surface area contributed by atoms with Gasteiger partial charge in [-0.25, -0.2) is 4.79 Å². The van der Waals surface area contributed by atoms with Crippen LogP contribution in [0, 0.1) is 0 Å². The van der Waals surface area contributed by atoms with Crippen LogP contribution < -0.4 is 4.74 Å². The van der Waals surface area contributed by atoms with Crippen LogP contribution >= 0.6 is 0 Å². The van der Waals surface area contributed by atoms with Crippen molar-refractivity contribution in [3.05, 3.63) is 42.5 Å². The molecule has 0 bridgehead atoms. The van der Waals surface area contributed by atoms with Crippen LogP contribution in [0.15, 0.2) is 36.9 Å². The molecular weight excluding hydrogens is 308 g/mol. The first kappa shape index (κ1) is 16.5. The van der Waals surface area contributed by atoms with Gasteiger partial charge in [0.2, 0.25) is 0 Å². The number of aliphatic hydroxyl groups is 1. The van der Waals surface area contributed by atoms with Gasteiger partial charge < -0.3 is 14.7 Å². The summed E-state index contributed by atoms with van der Waals surface area (Å²) < 4.78 is 5.67. The predicted octanol–water partition coefficient (Wildman–Crippen LogP) is 1.58. The molecule has 6 heteroatoms. The first-order chi connectivity index (χ1) is 11.6. The molecule has 24 heavy (non-hydrogen) atoms. The van der Waals surface area contributed by atoms with Gasteiger partial charge in [-0.3, -0.25) is 9.69 Å². The second-order valence-electron chi connectivity index (χ2n) is 6.15. The van der Waals surface area contributed by atoms with Crippen molar-refractivity contribution in [1.82, 2.24) is 9.80 Å². The lowest BCUT2D eigenvalue weighted by molar-refractivity contribution is -0.129. The molecular formula is C18H22N2O4. The molecule has 0 aliphatic carbocycles. The predicted molar refractivity (Wildman–Crippen MR) is 88.7 cm³/mol. The summed E-state index contributed by atoms with van der Waals surface area (Å²) in [6.45, 7) is 4.32. The third-order valence-electron chi connectivity index (χ3n) is 4.44. The number of amides is 3. The molecule has 0 radical (unpaired) electrons. The molecule has 1 aromatic carbocycles. The second-order valence-corrected chi connectivity index (χ2v) is 6.15. The fraction of sp³-hybridized carbons (Fsp3) is 0.444. The van der Waals surface area contributed by atoms with E-state index < -0.39 is 6.10 Å². The highest BCUT2D eigenvalue weighted by atomic mass is 16.5. The fourth-order valence-corrected chi connectivity index (χ4v) is 3.27. The number of hydrogen-bond donors (Lipinski definition) is 1. The summed E-state index contributed by atoms with van der Waals surface area (Å²) in [5.74, 6) is 0.472. The van der Waals surface area contributed by atoms with Crippen LogP contribution in [0.4, 0.5) is 4.79 Å². The van der Waals surface area contributed by atoms with E-state index in [1.165, 1.54) is 0 Å². The number of aliphatic hydroxyl groups excluding tert-OH is 1. The maximum atomic E-state index is 12.2. The van der Waals surface area contributed by atoms with E-state index in [0.29, 0.717) is 25.1 Å². The molecule has 3 amide bonds. The van der Waals surface area contributed by atoms with Gasteiger partial charge in [0.25, 0.3) is 5.91 Å². The SMILES string of the molecule is C=CCc1ccccc1OC[C@H](O)CN1C(=O)[C@H]2CCCN2C1=O. The lowest BCUT2D eigenvalue weighted by atomic mass is 10.1. The van der Waals surface area contributed by atoms with Crippen molar-refractivity contribution in [1.29, 1.82) is 0 Å². The number of ether oxygens (including phenoxy) is 1. The summed E-state index contributed by atoms with van der Waals surface area (Å²) in [5.41, 5.74) is 0.980. The van der Waals surface area contributed by atoms with Gasteiger partial charge in [-0.05, 0) is 30.9 Å². The maximum absolute atomic E-state index is 12.2. The number of imide groups is 1. The molecule has 1 aromatic rings. The van der Waals surface area contributed by atoms with Crippen LogP contribution in [0.1, 0.15) is 18.4 Å². The number of carbonyl (C=O) groups is 2. The maximum Gasteiger partial charge on any atom is 0.327 e. The van der Waals surface area contributed by atoms with E-state index in [0.717, 1.165) is 16.9 Å². The molecule has 0 spiro atoms. The first-order valence-electron chi connectivity index (χ1n) is 8.23. The van der Waals surface area contributed by atoms with Gasteiger partial charge in [-0.2, -0.15) is 0 Å². The number of rotatable bonds is 7. The van der Waals surface area contributed by atoms with Crippen LogP contribution in [-0.2, 0) is 11.2 Å². The molecule has 0 saturated carbocycles. The Morgan fingerprint density at radius 3 is 2.92 bits per heavy atom. The summed E-state index contributed by atoms with van der Waals surface area (Å²) in [6, 6.07) is 6.90. The lowest BCUT2D eigenvalue weighted by Crippen LogP contribution is -2.41. The third kappa shape index (κ3) is 3.14. The minimum Gasteiger partial charge on any atom is -0.491 e. The van der Waals surface area contributed by atoms with Crippen molar-refractivity contribution in [2.24, 2.45) is 0 Å². The number of urea groups is 1. The Morgan fingerprint density at radius 1 is 1.38 bits per heavy atom. The summed E-state index contributed by atoms with van der Waals surface area (Å²) in [4.78, 5) is 27.2.